The molecule has 0 fully saturated rings. The van der Waals surface area contributed by atoms with Gasteiger partial charge in [0.15, 0.2) is 0 Å². The molecule has 1 aromatic rings. The fraction of sp³-hybridized carbons (Fsp3) is 0.778. The lowest BCUT2D eigenvalue weighted by Gasteiger charge is -2.24. The highest BCUT2D eigenvalue weighted by Crippen LogP contribution is 2.31. The quantitative estimate of drug-likeness (QED) is 0.832. The molecule has 0 spiro atoms. The molecule has 1 aliphatic rings. The van der Waals surface area contributed by atoms with Crippen LogP contribution in [-0.2, 0) is 19.1 Å². The van der Waals surface area contributed by atoms with Gasteiger partial charge in [-0.15, -0.1) is 10.2 Å². The van der Waals surface area contributed by atoms with Crippen molar-refractivity contribution >= 4 is 0 Å². The van der Waals surface area contributed by atoms with Crippen LogP contribution in [0.5, 0.6) is 0 Å². The van der Waals surface area contributed by atoms with Crippen molar-refractivity contribution in [2.45, 2.75) is 25.6 Å². The van der Waals surface area contributed by atoms with Gasteiger partial charge in [-0.05, 0) is 25.9 Å². The van der Waals surface area contributed by atoms with E-state index in [0.717, 1.165) is 13.0 Å². The summed E-state index contributed by atoms with van der Waals surface area (Å²) in [5.41, 5.74) is 0. The van der Waals surface area contributed by atoms with Gasteiger partial charge in [-0.25, -0.2) is 0 Å². The molecule has 1 N–H and O–H groups in total. The Labute approximate surface area is 90.9 Å². The molecule has 0 amide bonds. The zero-order valence-corrected chi connectivity index (χ0v) is 8.88. The fourth-order valence-corrected chi connectivity index (χ4v) is 2.06. The van der Waals surface area contributed by atoms with Gasteiger partial charge in [-0.3, -0.25) is 0 Å². The smallest absolute Gasteiger partial charge is 0.319 e. The fourth-order valence-electron chi connectivity index (χ4n) is 2.06. The average molecular weight is 234 g/mol. The number of nitrogens with one attached hydrogen (secondary N) is 1. The Hall–Kier alpha value is -1.11. The van der Waals surface area contributed by atoms with Gasteiger partial charge in [-0.1, -0.05) is 0 Å². The van der Waals surface area contributed by atoms with Crippen molar-refractivity contribution in [3.8, 4) is 0 Å². The first kappa shape index (κ1) is 11.4. The minimum Gasteiger partial charge on any atom is -0.319 e. The van der Waals surface area contributed by atoms with Crippen LogP contribution in [0.1, 0.15) is 18.1 Å². The maximum atomic E-state index is 12.6. The van der Waals surface area contributed by atoms with E-state index in [1.165, 1.54) is 4.57 Å². The van der Waals surface area contributed by atoms with Crippen molar-refractivity contribution in [3.63, 3.8) is 0 Å². The summed E-state index contributed by atoms with van der Waals surface area (Å²) >= 11 is 0. The number of aromatic nitrogens is 3. The van der Waals surface area contributed by atoms with E-state index in [1.54, 1.807) is 7.05 Å². The summed E-state index contributed by atoms with van der Waals surface area (Å²) in [5, 5.41) is 9.80. The van der Waals surface area contributed by atoms with Gasteiger partial charge in [0.25, 0.3) is 0 Å². The first-order valence-corrected chi connectivity index (χ1v) is 5.16. The third-order valence-corrected chi connectivity index (χ3v) is 2.79. The number of rotatable bonds is 2. The number of hydrogen-bond acceptors (Lipinski definition) is 3. The Morgan fingerprint density at radius 1 is 1.44 bits per heavy atom. The summed E-state index contributed by atoms with van der Waals surface area (Å²) in [7, 11) is 1.80. The van der Waals surface area contributed by atoms with Gasteiger partial charge in [0.2, 0.25) is 5.82 Å². The maximum Gasteiger partial charge on any atom is 0.451 e. The number of alkyl halides is 3. The number of halogens is 3. The van der Waals surface area contributed by atoms with Crippen LogP contribution in [-0.4, -0.2) is 28.4 Å². The lowest BCUT2D eigenvalue weighted by molar-refractivity contribution is -0.148. The van der Waals surface area contributed by atoms with Crippen molar-refractivity contribution in [1.29, 1.82) is 0 Å². The third kappa shape index (κ3) is 2.04. The van der Waals surface area contributed by atoms with Crippen LogP contribution in [0, 0.1) is 5.92 Å². The van der Waals surface area contributed by atoms with E-state index in [4.69, 9.17) is 0 Å². The van der Waals surface area contributed by atoms with E-state index in [0.29, 0.717) is 18.8 Å². The molecule has 1 aliphatic heterocycles. The summed E-state index contributed by atoms with van der Waals surface area (Å²) in [6.07, 6.45) is -2.99. The maximum absolute atomic E-state index is 12.6. The van der Waals surface area contributed by atoms with Crippen molar-refractivity contribution in [2.24, 2.45) is 5.92 Å². The zero-order valence-electron chi connectivity index (χ0n) is 8.88. The van der Waals surface area contributed by atoms with E-state index >= 15 is 0 Å². The monoisotopic (exact) mass is 234 g/mol. The predicted octanol–water partition coefficient (Wildman–Crippen LogP) is 1.08. The van der Waals surface area contributed by atoms with E-state index in [9.17, 15) is 13.2 Å². The average Bonchev–Trinajstić information content (AvgIpc) is 2.60. The second-order valence-corrected chi connectivity index (χ2v) is 4.01. The zero-order chi connectivity index (χ0) is 11.8. The van der Waals surface area contributed by atoms with Crippen LogP contribution in [0.3, 0.4) is 0 Å². The lowest BCUT2D eigenvalue weighted by Crippen LogP contribution is -2.30. The summed E-state index contributed by atoms with van der Waals surface area (Å²) < 4.78 is 38.9. The summed E-state index contributed by atoms with van der Waals surface area (Å²) in [6.45, 7) is 1.06. The van der Waals surface area contributed by atoms with Gasteiger partial charge in [0, 0.05) is 13.0 Å². The standard InChI is InChI=1S/C9H13F3N4/c1-13-4-6-2-3-7-14-15-8(9(10,11)12)16(7)5-6/h6,13H,2-5H2,1H3. The number of hydrogen-bond donors (Lipinski definition) is 1. The number of nitrogens with zero attached hydrogens (tertiary/aromatic N) is 3. The van der Waals surface area contributed by atoms with Gasteiger partial charge >= 0.3 is 6.18 Å². The van der Waals surface area contributed by atoms with Gasteiger partial charge in [0.05, 0.1) is 0 Å². The highest BCUT2D eigenvalue weighted by Gasteiger charge is 2.39. The molecule has 90 valence electrons. The molecular weight excluding hydrogens is 221 g/mol. The van der Waals surface area contributed by atoms with Crippen LogP contribution in [0.25, 0.3) is 0 Å². The molecular formula is C9H13F3N4. The third-order valence-electron chi connectivity index (χ3n) is 2.79. The Balaban J connectivity index is 2.25. The Bertz CT molecular complexity index is 371. The Kier molecular flexibility index (Phi) is 2.88. The van der Waals surface area contributed by atoms with Crippen molar-refractivity contribution in [1.82, 2.24) is 20.1 Å². The van der Waals surface area contributed by atoms with Crippen molar-refractivity contribution in [3.05, 3.63) is 11.6 Å². The van der Waals surface area contributed by atoms with E-state index < -0.39 is 12.0 Å². The van der Waals surface area contributed by atoms with Crippen LogP contribution >= 0.6 is 0 Å². The molecule has 1 aromatic heterocycles. The number of aryl methyl sites for hydroxylation is 1. The molecule has 1 atom stereocenters. The minimum absolute atomic E-state index is 0.217. The van der Waals surface area contributed by atoms with Crippen LogP contribution < -0.4 is 5.32 Å². The molecule has 16 heavy (non-hydrogen) atoms. The van der Waals surface area contributed by atoms with Crippen molar-refractivity contribution < 1.29 is 13.2 Å². The molecule has 0 saturated carbocycles. The SMILES string of the molecule is CNCC1CCc2nnc(C(F)(F)F)n2C1. The van der Waals surface area contributed by atoms with E-state index in [1.807, 2.05) is 0 Å². The molecule has 7 heteroatoms. The van der Waals surface area contributed by atoms with Crippen molar-refractivity contribution in [2.75, 3.05) is 13.6 Å². The summed E-state index contributed by atoms with van der Waals surface area (Å²) in [5.74, 6) is -0.211. The first-order valence-electron chi connectivity index (χ1n) is 5.16. The lowest BCUT2D eigenvalue weighted by atomic mass is 9.99. The molecule has 4 nitrogen and oxygen atoms in total. The molecule has 0 saturated heterocycles. The summed E-state index contributed by atoms with van der Waals surface area (Å²) in [4.78, 5) is 0. The predicted molar refractivity (Wildman–Crippen MR) is 50.8 cm³/mol. The number of fused-ring (bicyclic) bond motifs is 1. The topological polar surface area (TPSA) is 42.7 Å². The summed E-state index contributed by atoms with van der Waals surface area (Å²) in [6, 6.07) is 0. The second-order valence-electron chi connectivity index (χ2n) is 4.01. The molecule has 2 rings (SSSR count). The van der Waals surface area contributed by atoms with Crippen LogP contribution in [0.15, 0.2) is 0 Å². The molecule has 1 unspecified atom stereocenters. The Morgan fingerprint density at radius 3 is 2.81 bits per heavy atom. The highest BCUT2D eigenvalue weighted by molar-refractivity contribution is 5.03. The largest absolute Gasteiger partial charge is 0.451 e. The van der Waals surface area contributed by atoms with E-state index in [-0.39, 0.29) is 5.92 Å². The normalized spacial score (nSPS) is 20.9. The molecule has 0 radical (unpaired) electrons. The molecule has 0 bridgehead atoms. The van der Waals surface area contributed by atoms with E-state index in [2.05, 4.69) is 15.5 Å². The van der Waals surface area contributed by atoms with Gasteiger partial charge in [-0.2, -0.15) is 13.2 Å². The highest BCUT2D eigenvalue weighted by atomic mass is 19.4. The minimum atomic E-state index is -4.41. The molecule has 0 aromatic carbocycles. The molecule has 2 heterocycles. The van der Waals surface area contributed by atoms with Crippen LogP contribution in [0.4, 0.5) is 13.2 Å². The second kappa shape index (κ2) is 4.04. The molecule has 0 aliphatic carbocycles. The Morgan fingerprint density at radius 2 is 2.19 bits per heavy atom. The van der Waals surface area contributed by atoms with Gasteiger partial charge < -0.3 is 9.88 Å². The van der Waals surface area contributed by atoms with Gasteiger partial charge in [0.1, 0.15) is 5.82 Å². The van der Waals surface area contributed by atoms with Crippen LogP contribution in [0.2, 0.25) is 0 Å². The first-order chi connectivity index (χ1) is 7.52.